The lowest BCUT2D eigenvalue weighted by Crippen LogP contribution is -2.06. The van der Waals surface area contributed by atoms with Crippen molar-refractivity contribution in [2.75, 3.05) is 5.73 Å². The number of hydrogen-bond acceptors (Lipinski definition) is 4. The third-order valence-corrected chi connectivity index (χ3v) is 3.15. The molecule has 0 saturated heterocycles. The minimum absolute atomic E-state index is 0.0429. The van der Waals surface area contributed by atoms with Crippen LogP contribution in [0.25, 0.3) is 0 Å². The van der Waals surface area contributed by atoms with E-state index >= 15 is 0 Å². The highest BCUT2D eigenvalue weighted by Gasteiger charge is 2.09. The van der Waals surface area contributed by atoms with E-state index in [0.29, 0.717) is 21.8 Å². The van der Waals surface area contributed by atoms with E-state index in [-0.39, 0.29) is 12.2 Å². The van der Waals surface area contributed by atoms with Gasteiger partial charge in [0.1, 0.15) is 6.61 Å². The third kappa shape index (κ3) is 3.73. The Kier molecular flexibility index (Phi) is 4.45. The number of esters is 1. The predicted molar refractivity (Wildman–Crippen MR) is 78.4 cm³/mol. The normalized spacial score (nSPS) is 10.1. The van der Waals surface area contributed by atoms with Gasteiger partial charge in [0, 0.05) is 0 Å². The monoisotopic (exact) mass is 305 g/mol. The predicted octanol–water partition coefficient (Wildman–Crippen LogP) is 2.98. The first-order valence-electron chi connectivity index (χ1n) is 6.02. The van der Waals surface area contributed by atoms with Gasteiger partial charge in [-0.2, -0.15) is 0 Å². The van der Waals surface area contributed by atoms with E-state index in [1.807, 2.05) is 0 Å². The lowest BCUT2D eigenvalue weighted by molar-refractivity contribution is 0.0472. The molecule has 0 unspecified atom stereocenters. The Bertz CT molecular complexity index is 683. The molecular weight excluding hydrogens is 294 g/mol. The summed E-state index contributed by atoms with van der Waals surface area (Å²) in [7, 11) is 0. The molecule has 0 aliphatic heterocycles. The van der Waals surface area contributed by atoms with E-state index < -0.39 is 11.9 Å². The van der Waals surface area contributed by atoms with Gasteiger partial charge in [-0.15, -0.1) is 0 Å². The maximum Gasteiger partial charge on any atom is 0.338 e. The summed E-state index contributed by atoms with van der Waals surface area (Å²) >= 11 is 5.77. The van der Waals surface area contributed by atoms with Gasteiger partial charge in [-0.1, -0.05) is 23.7 Å². The molecule has 0 aliphatic carbocycles. The van der Waals surface area contributed by atoms with Crippen molar-refractivity contribution >= 4 is 29.2 Å². The first-order chi connectivity index (χ1) is 9.97. The van der Waals surface area contributed by atoms with E-state index in [2.05, 4.69) is 0 Å². The second-order valence-corrected chi connectivity index (χ2v) is 4.72. The number of anilines is 1. The quantitative estimate of drug-likeness (QED) is 0.669. The van der Waals surface area contributed by atoms with Crippen LogP contribution in [0.5, 0.6) is 0 Å². The van der Waals surface area contributed by atoms with Gasteiger partial charge in [0.2, 0.25) is 0 Å². The summed E-state index contributed by atoms with van der Waals surface area (Å²) in [6.07, 6.45) is 0. The van der Waals surface area contributed by atoms with Crippen molar-refractivity contribution in [3.63, 3.8) is 0 Å². The van der Waals surface area contributed by atoms with E-state index in [9.17, 15) is 9.59 Å². The zero-order valence-corrected chi connectivity index (χ0v) is 11.6. The van der Waals surface area contributed by atoms with Crippen LogP contribution >= 0.6 is 11.6 Å². The van der Waals surface area contributed by atoms with Gasteiger partial charge >= 0.3 is 11.9 Å². The Hall–Kier alpha value is -2.53. The Morgan fingerprint density at radius 2 is 1.71 bits per heavy atom. The fourth-order valence-corrected chi connectivity index (χ4v) is 1.76. The Labute approximate surface area is 125 Å². The summed E-state index contributed by atoms with van der Waals surface area (Å²) in [4.78, 5) is 22.6. The zero-order chi connectivity index (χ0) is 15.4. The first-order valence-corrected chi connectivity index (χ1v) is 6.39. The molecule has 0 bridgehead atoms. The van der Waals surface area contributed by atoms with Crippen molar-refractivity contribution in [1.82, 2.24) is 0 Å². The molecule has 0 radical (unpaired) electrons. The van der Waals surface area contributed by atoms with Crippen LogP contribution < -0.4 is 5.73 Å². The number of aromatic carboxylic acids is 1. The molecule has 6 heteroatoms. The average Bonchev–Trinajstić information content (AvgIpc) is 2.48. The molecule has 0 aromatic heterocycles. The van der Waals surface area contributed by atoms with Crippen molar-refractivity contribution in [2.45, 2.75) is 6.61 Å². The highest BCUT2D eigenvalue weighted by Crippen LogP contribution is 2.20. The SMILES string of the molecule is Nc1cc(C(=O)OCc2ccc(C(=O)O)cc2)ccc1Cl. The number of carboxylic acids is 1. The summed E-state index contributed by atoms with van der Waals surface area (Å²) in [6.45, 7) is 0.0429. The number of nitrogen functional groups attached to an aromatic ring is 1. The van der Waals surface area contributed by atoms with Crippen LogP contribution in [-0.4, -0.2) is 17.0 Å². The minimum Gasteiger partial charge on any atom is -0.478 e. The molecule has 0 atom stereocenters. The van der Waals surface area contributed by atoms with Gasteiger partial charge in [0.25, 0.3) is 0 Å². The van der Waals surface area contributed by atoms with Crippen molar-refractivity contribution in [2.24, 2.45) is 0 Å². The number of rotatable bonds is 4. The van der Waals surface area contributed by atoms with Crippen LogP contribution in [0.1, 0.15) is 26.3 Å². The Balaban J connectivity index is 2.00. The van der Waals surface area contributed by atoms with Crippen molar-refractivity contribution in [1.29, 1.82) is 0 Å². The fraction of sp³-hybridized carbons (Fsp3) is 0.0667. The van der Waals surface area contributed by atoms with Crippen LogP contribution in [0.3, 0.4) is 0 Å². The number of halogens is 1. The Morgan fingerprint density at radius 3 is 2.29 bits per heavy atom. The van der Waals surface area contributed by atoms with Gasteiger partial charge in [0.05, 0.1) is 21.8 Å². The van der Waals surface area contributed by atoms with Crippen molar-refractivity contribution in [3.05, 3.63) is 64.2 Å². The van der Waals surface area contributed by atoms with Gasteiger partial charge < -0.3 is 15.6 Å². The number of carbonyl (C=O) groups excluding carboxylic acids is 1. The largest absolute Gasteiger partial charge is 0.478 e. The molecule has 3 N–H and O–H groups in total. The molecule has 2 rings (SSSR count). The molecule has 0 saturated carbocycles. The lowest BCUT2D eigenvalue weighted by Gasteiger charge is -2.06. The van der Waals surface area contributed by atoms with Crippen LogP contribution in [0.4, 0.5) is 5.69 Å². The second kappa shape index (κ2) is 6.28. The first kappa shape index (κ1) is 14.9. The summed E-state index contributed by atoms with van der Waals surface area (Å²) in [5.74, 6) is -1.53. The van der Waals surface area contributed by atoms with Crippen LogP contribution in [0.15, 0.2) is 42.5 Å². The van der Waals surface area contributed by atoms with E-state index in [0.717, 1.165) is 0 Å². The standard InChI is InChI=1S/C15H12ClNO4/c16-12-6-5-11(7-13(12)17)15(20)21-8-9-1-3-10(4-2-9)14(18)19/h1-7H,8,17H2,(H,18,19). The molecule has 108 valence electrons. The maximum absolute atomic E-state index is 11.8. The number of carboxylic acid groups (broad SMARTS) is 1. The molecule has 0 fully saturated rings. The number of benzene rings is 2. The van der Waals surface area contributed by atoms with Gasteiger partial charge in [-0.05, 0) is 35.9 Å². The maximum atomic E-state index is 11.8. The number of ether oxygens (including phenoxy) is 1. The minimum atomic E-state index is -1.00. The highest BCUT2D eigenvalue weighted by atomic mass is 35.5. The lowest BCUT2D eigenvalue weighted by atomic mass is 10.1. The van der Waals surface area contributed by atoms with Crippen molar-refractivity contribution < 1.29 is 19.4 Å². The van der Waals surface area contributed by atoms with E-state index in [1.165, 1.54) is 30.3 Å². The number of hydrogen-bond donors (Lipinski definition) is 2. The van der Waals surface area contributed by atoms with Gasteiger partial charge in [-0.25, -0.2) is 9.59 Å². The number of nitrogens with two attached hydrogens (primary N) is 1. The smallest absolute Gasteiger partial charge is 0.338 e. The molecule has 0 heterocycles. The zero-order valence-electron chi connectivity index (χ0n) is 10.9. The van der Waals surface area contributed by atoms with Crippen molar-refractivity contribution in [3.8, 4) is 0 Å². The van der Waals surface area contributed by atoms with Crippen LogP contribution in [0.2, 0.25) is 5.02 Å². The highest BCUT2D eigenvalue weighted by molar-refractivity contribution is 6.33. The molecule has 0 aliphatic rings. The molecule has 2 aromatic rings. The summed E-state index contributed by atoms with van der Waals surface area (Å²) in [5.41, 5.74) is 7.09. The average molecular weight is 306 g/mol. The molecule has 0 spiro atoms. The molecule has 21 heavy (non-hydrogen) atoms. The summed E-state index contributed by atoms with van der Waals surface area (Å²) in [6, 6.07) is 10.6. The summed E-state index contributed by atoms with van der Waals surface area (Å²) < 4.78 is 5.12. The topological polar surface area (TPSA) is 89.6 Å². The fourth-order valence-electron chi connectivity index (χ4n) is 1.65. The van der Waals surface area contributed by atoms with E-state index in [1.54, 1.807) is 12.1 Å². The Morgan fingerprint density at radius 1 is 1.10 bits per heavy atom. The second-order valence-electron chi connectivity index (χ2n) is 4.31. The molecule has 2 aromatic carbocycles. The third-order valence-electron chi connectivity index (χ3n) is 2.80. The van der Waals surface area contributed by atoms with Crippen LogP contribution in [0, 0.1) is 0 Å². The molecule has 5 nitrogen and oxygen atoms in total. The van der Waals surface area contributed by atoms with Gasteiger partial charge in [0.15, 0.2) is 0 Å². The van der Waals surface area contributed by atoms with Gasteiger partial charge in [-0.3, -0.25) is 0 Å². The summed E-state index contributed by atoms with van der Waals surface area (Å²) in [5, 5.41) is 9.15. The molecule has 0 amide bonds. The van der Waals surface area contributed by atoms with E-state index in [4.69, 9.17) is 27.2 Å². The van der Waals surface area contributed by atoms with Crippen LogP contribution in [-0.2, 0) is 11.3 Å². The number of carbonyl (C=O) groups is 2. The molecular formula is C15H12ClNO4.